The van der Waals surface area contributed by atoms with E-state index in [1.54, 1.807) is 43.4 Å². The zero-order valence-electron chi connectivity index (χ0n) is 17.6. The number of hydrogen-bond donors (Lipinski definition) is 1. The number of rotatable bonds is 8. The lowest BCUT2D eigenvalue weighted by molar-refractivity contribution is -0.118. The van der Waals surface area contributed by atoms with E-state index in [0.717, 1.165) is 12.8 Å². The molecule has 1 heterocycles. The summed E-state index contributed by atoms with van der Waals surface area (Å²) in [5.41, 5.74) is 1.28. The van der Waals surface area contributed by atoms with Crippen molar-refractivity contribution in [1.82, 2.24) is 4.31 Å². The number of anilines is 2. The van der Waals surface area contributed by atoms with Crippen molar-refractivity contribution in [2.45, 2.75) is 37.5 Å². The van der Waals surface area contributed by atoms with E-state index in [1.165, 1.54) is 21.4 Å². The maximum absolute atomic E-state index is 12.7. The van der Waals surface area contributed by atoms with E-state index in [2.05, 4.69) is 10.4 Å². The Kier molecular flexibility index (Phi) is 7.19. The second kappa shape index (κ2) is 9.84. The van der Waals surface area contributed by atoms with Crippen LogP contribution in [0.5, 0.6) is 0 Å². The second-order valence-electron chi connectivity index (χ2n) is 7.25. The highest BCUT2D eigenvalue weighted by molar-refractivity contribution is 7.89. The molecule has 0 unspecified atom stereocenters. The molecule has 2 amide bonds. The Morgan fingerprint density at radius 2 is 1.77 bits per heavy atom. The average molecular weight is 443 g/mol. The van der Waals surface area contributed by atoms with Crippen molar-refractivity contribution in [2.24, 2.45) is 5.10 Å². The summed E-state index contributed by atoms with van der Waals surface area (Å²) in [5.74, 6) is -0.603. The number of unbranched alkanes of at least 4 members (excludes halogenated alkanes) is 1. The number of hydrazone groups is 1. The van der Waals surface area contributed by atoms with Crippen LogP contribution >= 0.6 is 0 Å². The highest BCUT2D eigenvalue weighted by Crippen LogP contribution is 2.21. The van der Waals surface area contributed by atoms with Crippen LogP contribution in [0.1, 0.15) is 32.6 Å². The van der Waals surface area contributed by atoms with E-state index in [9.17, 15) is 18.0 Å². The predicted molar refractivity (Wildman–Crippen MR) is 120 cm³/mol. The Labute approximate surface area is 182 Å². The number of carbonyl (C=O) groups excluding carboxylic acids is 2. The molecule has 1 N–H and O–H groups in total. The third-order valence-electron chi connectivity index (χ3n) is 4.94. The van der Waals surface area contributed by atoms with Gasteiger partial charge in [-0.25, -0.2) is 17.7 Å². The SMILES string of the molecule is CCCCN(C)S(=O)(=O)c1ccc(NC(=O)C2=NN(c3ccccc3)C(=O)CC2)cc1. The fourth-order valence-electron chi connectivity index (χ4n) is 3.08. The molecule has 0 aliphatic carbocycles. The van der Waals surface area contributed by atoms with Gasteiger partial charge in [0.15, 0.2) is 0 Å². The lowest BCUT2D eigenvalue weighted by atomic mass is 10.1. The number of nitrogens with zero attached hydrogens (tertiary/aromatic N) is 3. The minimum atomic E-state index is -3.57. The lowest BCUT2D eigenvalue weighted by Gasteiger charge is -2.23. The summed E-state index contributed by atoms with van der Waals surface area (Å²) in [6, 6.07) is 14.9. The van der Waals surface area contributed by atoms with E-state index in [-0.39, 0.29) is 29.4 Å². The van der Waals surface area contributed by atoms with Gasteiger partial charge in [0.25, 0.3) is 5.91 Å². The molecule has 0 fully saturated rings. The number of hydrogen-bond acceptors (Lipinski definition) is 5. The quantitative estimate of drug-likeness (QED) is 0.678. The van der Waals surface area contributed by atoms with Gasteiger partial charge >= 0.3 is 0 Å². The topological polar surface area (TPSA) is 99.2 Å². The lowest BCUT2D eigenvalue weighted by Crippen LogP contribution is -2.36. The van der Waals surface area contributed by atoms with Crippen molar-refractivity contribution < 1.29 is 18.0 Å². The summed E-state index contributed by atoms with van der Waals surface area (Å²) in [5, 5.41) is 8.18. The van der Waals surface area contributed by atoms with Gasteiger partial charge in [-0.3, -0.25) is 9.59 Å². The fraction of sp³-hybridized carbons (Fsp3) is 0.318. The molecule has 0 spiro atoms. The van der Waals surface area contributed by atoms with E-state index in [0.29, 0.717) is 17.9 Å². The van der Waals surface area contributed by atoms with Gasteiger partial charge in [-0.1, -0.05) is 31.5 Å². The molecule has 0 radical (unpaired) electrons. The zero-order chi connectivity index (χ0) is 22.4. The maximum Gasteiger partial charge on any atom is 0.271 e. The van der Waals surface area contributed by atoms with Crippen LogP contribution in [0.25, 0.3) is 0 Å². The van der Waals surface area contributed by atoms with Crippen molar-refractivity contribution >= 4 is 38.9 Å². The molecule has 8 nitrogen and oxygen atoms in total. The second-order valence-corrected chi connectivity index (χ2v) is 9.29. The average Bonchev–Trinajstić information content (AvgIpc) is 2.78. The van der Waals surface area contributed by atoms with Crippen LogP contribution in [-0.2, 0) is 19.6 Å². The third-order valence-corrected chi connectivity index (χ3v) is 6.81. The van der Waals surface area contributed by atoms with E-state index in [1.807, 2.05) is 13.0 Å². The molecule has 3 rings (SSSR count). The summed E-state index contributed by atoms with van der Waals surface area (Å²) in [6.07, 6.45) is 2.11. The molecular formula is C22H26N4O4S. The molecular weight excluding hydrogens is 416 g/mol. The molecule has 0 aromatic heterocycles. The molecule has 9 heteroatoms. The number of benzene rings is 2. The molecule has 0 atom stereocenters. The highest BCUT2D eigenvalue weighted by Gasteiger charge is 2.26. The van der Waals surface area contributed by atoms with Gasteiger partial charge in [0.05, 0.1) is 10.6 Å². The van der Waals surface area contributed by atoms with Crippen LogP contribution in [-0.4, -0.2) is 43.8 Å². The van der Waals surface area contributed by atoms with Crippen molar-refractivity contribution in [3.05, 3.63) is 54.6 Å². The largest absolute Gasteiger partial charge is 0.321 e. The first kappa shape index (κ1) is 22.6. The van der Waals surface area contributed by atoms with Crippen LogP contribution in [0.2, 0.25) is 0 Å². The minimum Gasteiger partial charge on any atom is -0.321 e. The predicted octanol–water partition coefficient (Wildman–Crippen LogP) is 3.23. The number of sulfonamides is 1. The molecule has 0 saturated carbocycles. The van der Waals surface area contributed by atoms with E-state index in [4.69, 9.17) is 0 Å². The molecule has 2 aromatic carbocycles. The maximum atomic E-state index is 12.7. The molecule has 0 saturated heterocycles. The number of amides is 2. The molecule has 164 valence electrons. The van der Waals surface area contributed by atoms with Crippen molar-refractivity contribution in [1.29, 1.82) is 0 Å². The number of carbonyl (C=O) groups is 2. The monoisotopic (exact) mass is 442 g/mol. The standard InChI is InChI=1S/C22H26N4O4S/c1-3-4-16-25(2)31(29,30)19-12-10-17(11-13-19)23-22(28)20-14-15-21(27)26(24-20)18-8-6-5-7-9-18/h5-13H,3-4,14-16H2,1-2H3,(H,23,28). The summed E-state index contributed by atoms with van der Waals surface area (Å²) in [7, 11) is -2.01. The van der Waals surface area contributed by atoms with Gasteiger partial charge in [-0.2, -0.15) is 5.10 Å². The summed E-state index contributed by atoms with van der Waals surface area (Å²) in [6.45, 7) is 2.46. The minimum absolute atomic E-state index is 0.167. The van der Waals surface area contributed by atoms with Crippen LogP contribution in [0.15, 0.2) is 64.6 Å². The Morgan fingerprint density at radius 3 is 2.42 bits per heavy atom. The normalized spacial score (nSPS) is 14.5. The smallest absolute Gasteiger partial charge is 0.271 e. The first-order valence-corrected chi connectivity index (χ1v) is 11.6. The van der Waals surface area contributed by atoms with Gasteiger partial charge < -0.3 is 5.32 Å². The first-order chi connectivity index (χ1) is 14.8. The van der Waals surface area contributed by atoms with E-state index >= 15 is 0 Å². The molecule has 0 bridgehead atoms. The Balaban J connectivity index is 1.71. The third kappa shape index (κ3) is 5.36. The fourth-order valence-corrected chi connectivity index (χ4v) is 4.29. The Hall–Kier alpha value is -3.04. The summed E-state index contributed by atoms with van der Waals surface area (Å²) in [4.78, 5) is 25.0. The van der Waals surface area contributed by atoms with Crippen molar-refractivity contribution in [2.75, 3.05) is 23.9 Å². The van der Waals surface area contributed by atoms with Gasteiger partial charge in [0.1, 0.15) is 5.71 Å². The van der Waals surface area contributed by atoms with Crippen LogP contribution in [0, 0.1) is 0 Å². The summed E-state index contributed by atoms with van der Waals surface area (Å²) >= 11 is 0. The molecule has 2 aromatic rings. The van der Waals surface area contributed by atoms with Gasteiger partial charge in [0, 0.05) is 32.1 Å². The zero-order valence-corrected chi connectivity index (χ0v) is 18.4. The Bertz CT molecular complexity index is 1070. The van der Waals surface area contributed by atoms with Crippen LogP contribution in [0.3, 0.4) is 0 Å². The molecule has 1 aliphatic rings. The van der Waals surface area contributed by atoms with Gasteiger partial charge in [-0.05, 0) is 42.8 Å². The highest BCUT2D eigenvalue weighted by atomic mass is 32.2. The van der Waals surface area contributed by atoms with Crippen LogP contribution in [0.4, 0.5) is 11.4 Å². The molecule has 31 heavy (non-hydrogen) atoms. The number of nitrogens with one attached hydrogen (secondary N) is 1. The van der Waals surface area contributed by atoms with Gasteiger partial charge in [0.2, 0.25) is 15.9 Å². The Morgan fingerprint density at radius 1 is 1.10 bits per heavy atom. The van der Waals surface area contributed by atoms with Crippen LogP contribution < -0.4 is 10.3 Å². The molecule has 1 aliphatic heterocycles. The van der Waals surface area contributed by atoms with Gasteiger partial charge in [-0.15, -0.1) is 0 Å². The van der Waals surface area contributed by atoms with Crippen molar-refractivity contribution in [3.63, 3.8) is 0 Å². The summed E-state index contributed by atoms with van der Waals surface area (Å²) < 4.78 is 26.5. The first-order valence-electron chi connectivity index (χ1n) is 10.2. The van der Waals surface area contributed by atoms with Crippen molar-refractivity contribution in [3.8, 4) is 0 Å². The number of para-hydroxylation sites is 1. The van der Waals surface area contributed by atoms with E-state index < -0.39 is 15.9 Å².